The molecule has 3 N–H and O–H groups in total. The summed E-state index contributed by atoms with van der Waals surface area (Å²) in [7, 11) is 0. The molecule has 0 unspecified atom stereocenters. The van der Waals surface area contributed by atoms with E-state index in [2.05, 4.69) is 26.0 Å². The van der Waals surface area contributed by atoms with Crippen molar-refractivity contribution in [2.45, 2.75) is 95.9 Å². The van der Waals surface area contributed by atoms with E-state index in [1.54, 1.807) is 0 Å². The quantitative estimate of drug-likeness (QED) is 0.509. The molecule has 4 nitrogen and oxygen atoms in total. The molecule has 0 amide bonds. The first-order valence-electron chi connectivity index (χ1n) is 12.7. The highest BCUT2D eigenvalue weighted by Crippen LogP contribution is 2.70. The Hall–Kier alpha value is -0.420. The summed E-state index contributed by atoms with van der Waals surface area (Å²) in [5, 5.41) is 12.0. The van der Waals surface area contributed by atoms with Crippen molar-refractivity contribution >= 4 is 0 Å². The zero-order chi connectivity index (χ0) is 21.0. The molecule has 0 aromatic carbocycles. The number of unbranched alkanes of at least 4 members (excludes halogenated alkanes) is 1. The largest absolute Gasteiger partial charge is 0.389 e. The van der Waals surface area contributed by atoms with Crippen LogP contribution in [0.4, 0.5) is 0 Å². The van der Waals surface area contributed by atoms with Gasteiger partial charge in [0.15, 0.2) is 5.79 Å². The highest BCUT2D eigenvalue weighted by molar-refractivity contribution is 5.17. The molecule has 0 aromatic rings. The SMILES string of the molecule is C[C@]12CC[C@H]3[C@@H](CC[C@@]4(O)C[C@H](/C=C/CCCN)CC[C@]34C)[C@@H]1CCC21OCCO1. The number of allylic oxidation sites excluding steroid dienone is 2. The zero-order valence-electron chi connectivity index (χ0n) is 19.2. The average Bonchev–Trinajstić information content (AvgIpc) is 3.32. The first-order chi connectivity index (χ1) is 14.4. The maximum Gasteiger partial charge on any atom is 0.174 e. The lowest BCUT2D eigenvalue weighted by Gasteiger charge is -2.64. The fraction of sp³-hybridized carbons (Fsp3) is 0.923. The van der Waals surface area contributed by atoms with Crippen LogP contribution in [0.15, 0.2) is 12.2 Å². The van der Waals surface area contributed by atoms with Crippen molar-refractivity contribution in [1.29, 1.82) is 0 Å². The van der Waals surface area contributed by atoms with E-state index in [1.165, 1.54) is 32.1 Å². The molecule has 0 aromatic heterocycles. The van der Waals surface area contributed by atoms with Crippen molar-refractivity contribution < 1.29 is 14.6 Å². The Morgan fingerprint density at radius 2 is 1.63 bits per heavy atom. The van der Waals surface area contributed by atoms with Gasteiger partial charge in [-0.1, -0.05) is 26.0 Å². The highest BCUT2D eigenvalue weighted by Gasteiger charge is 2.69. The molecule has 5 aliphatic rings. The van der Waals surface area contributed by atoms with E-state index in [9.17, 15) is 5.11 Å². The van der Waals surface area contributed by atoms with Gasteiger partial charge in [0, 0.05) is 11.8 Å². The van der Waals surface area contributed by atoms with E-state index in [0.717, 1.165) is 64.2 Å². The van der Waals surface area contributed by atoms with Crippen molar-refractivity contribution in [1.82, 2.24) is 0 Å². The smallest absolute Gasteiger partial charge is 0.174 e. The van der Waals surface area contributed by atoms with Crippen LogP contribution in [0.3, 0.4) is 0 Å². The van der Waals surface area contributed by atoms with Gasteiger partial charge in [0.1, 0.15) is 0 Å². The summed E-state index contributed by atoms with van der Waals surface area (Å²) in [5.74, 6) is 2.26. The van der Waals surface area contributed by atoms with Gasteiger partial charge in [-0.25, -0.2) is 0 Å². The summed E-state index contributed by atoms with van der Waals surface area (Å²) in [4.78, 5) is 0. The minimum absolute atomic E-state index is 0.0615. The van der Waals surface area contributed by atoms with Crippen molar-refractivity contribution in [3.8, 4) is 0 Å². The van der Waals surface area contributed by atoms with Gasteiger partial charge in [0.05, 0.1) is 18.8 Å². The van der Waals surface area contributed by atoms with Crippen LogP contribution < -0.4 is 5.73 Å². The highest BCUT2D eigenvalue weighted by atomic mass is 16.7. The van der Waals surface area contributed by atoms with Gasteiger partial charge in [-0.15, -0.1) is 0 Å². The van der Waals surface area contributed by atoms with Crippen LogP contribution in [-0.2, 0) is 9.47 Å². The van der Waals surface area contributed by atoms with Gasteiger partial charge < -0.3 is 20.3 Å². The van der Waals surface area contributed by atoms with Crippen LogP contribution in [0.25, 0.3) is 0 Å². The van der Waals surface area contributed by atoms with E-state index < -0.39 is 5.60 Å². The Morgan fingerprint density at radius 1 is 0.933 bits per heavy atom. The molecule has 170 valence electrons. The summed E-state index contributed by atoms with van der Waals surface area (Å²) in [6.07, 6.45) is 17.0. The molecule has 4 aliphatic carbocycles. The molecule has 1 aliphatic heterocycles. The molecule has 1 saturated heterocycles. The standard InChI is InChI=1S/C26H43NO3/c1-23-11-7-19(6-4-3-5-15-27)18-25(23,28)13-8-20-21(23)9-12-24(2)22(20)10-14-26(24)29-16-17-30-26/h4,6,19-22,28H,3,5,7-18,27H2,1-2H3/b6-4+/t19-,20-,21+,22+,23-,24+,25-/m1/s1. The lowest BCUT2D eigenvalue weighted by Crippen LogP contribution is -2.63. The molecule has 5 rings (SSSR count). The molecule has 4 saturated carbocycles. The number of hydrogen-bond donors (Lipinski definition) is 2. The molecule has 5 fully saturated rings. The van der Waals surface area contributed by atoms with Crippen LogP contribution in [0.1, 0.15) is 84.5 Å². The van der Waals surface area contributed by atoms with Gasteiger partial charge in [0.25, 0.3) is 0 Å². The Bertz CT molecular complexity index is 673. The van der Waals surface area contributed by atoms with E-state index in [4.69, 9.17) is 15.2 Å². The lowest BCUT2D eigenvalue weighted by atomic mass is 9.43. The van der Waals surface area contributed by atoms with Crippen molar-refractivity contribution in [2.24, 2.45) is 40.2 Å². The topological polar surface area (TPSA) is 64.7 Å². The molecule has 0 radical (unpaired) electrons. The molecule has 30 heavy (non-hydrogen) atoms. The van der Waals surface area contributed by atoms with Crippen LogP contribution in [0, 0.1) is 34.5 Å². The number of aliphatic hydroxyl groups is 1. The normalized spacial score (nSPS) is 49.9. The predicted octanol–water partition coefficient (Wildman–Crippen LogP) is 4.80. The van der Waals surface area contributed by atoms with E-state index in [1.807, 2.05) is 0 Å². The summed E-state index contributed by atoms with van der Waals surface area (Å²) in [6, 6.07) is 0. The predicted molar refractivity (Wildman–Crippen MR) is 119 cm³/mol. The van der Waals surface area contributed by atoms with Crippen molar-refractivity contribution in [3.63, 3.8) is 0 Å². The number of nitrogens with two attached hydrogens (primary N) is 1. The second-order valence-corrected chi connectivity index (χ2v) is 11.7. The molecular weight excluding hydrogens is 374 g/mol. The van der Waals surface area contributed by atoms with Gasteiger partial charge in [-0.05, 0) is 99.8 Å². The van der Waals surface area contributed by atoms with E-state index in [0.29, 0.717) is 17.8 Å². The fourth-order valence-corrected chi connectivity index (χ4v) is 8.87. The third-order valence-electron chi connectivity index (χ3n) is 10.6. The summed E-state index contributed by atoms with van der Waals surface area (Å²) in [5.41, 5.74) is 5.34. The molecule has 1 spiro atoms. The second kappa shape index (κ2) is 7.57. The number of ether oxygens (including phenoxy) is 2. The van der Waals surface area contributed by atoms with Gasteiger partial charge >= 0.3 is 0 Å². The van der Waals surface area contributed by atoms with Crippen LogP contribution in [-0.4, -0.2) is 36.3 Å². The van der Waals surface area contributed by atoms with Crippen molar-refractivity contribution in [2.75, 3.05) is 19.8 Å². The maximum absolute atomic E-state index is 12.0. The monoisotopic (exact) mass is 417 g/mol. The number of fused-ring (bicyclic) bond motifs is 6. The van der Waals surface area contributed by atoms with Gasteiger partial charge in [-0.3, -0.25) is 0 Å². The molecule has 0 bridgehead atoms. The van der Waals surface area contributed by atoms with Gasteiger partial charge in [-0.2, -0.15) is 0 Å². The molecule has 1 heterocycles. The minimum atomic E-state index is -0.500. The fourth-order valence-electron chi connectivity index (χ4n) is 8.87. The van der Waals surface area contributed by atoms with E-state index >= 15 is 0 Å². The van der Waals surface area contributed by atoms with Crippen molar-refractivity contribution in [3.05, 3.63) is 12.2 Å². The minimum Gasteiger partial charge on any atom is -0.389 e. The second-order valence-electron chi connectivity index (χ2n) is 11.7. The number of rotatable bonds is 4. The number of hydrogen-bond acceptors (Lipinski definition) is 4. The average molecular weight is 418 g/mol. The van der Waals surface area contributed by atoms with Crippen LogP contribution >= 0.6 is 0 Å². The van der Waals surface area contributed by atoms with Crippen LogP contribution in [0.5, 0.6) is 0 Å². The Morgan fingerprint density at radius 3 is 2.40 bits per heavy atom. The lowest BCUT2D eigenvalue weighted by molar-refractivity contribution is -0.260. The Balaban J connectivity index is 1.34. The first-order valence-corrected chi connectivity index (χ1v) is 12.7. The maximum atomic E-state index is 12.0. The first kappa shape index (κ1) is 21.4. The molecule has 4 heteroatoms. The zero-order valence-corrected chi connectivity index (χ0v) is 19.2. The summed E-state index contributed by atoms with van der Waals surface area (Å²) in [6.45, 7) is 7.17. The summed E-state index contributed by atoms with van der Waals surface area (Å²) >= 11 is 0. The Kier molecular flexibility index (Phi) is 5.41. The summed E-state index contributed by atoms with van der Waals surface area (Å²) < 4.78 is 12.6. The molecular formula is C26H43NO3. The molecule has 7 atom stereocenters. The Labute approximate surface area is 183 Å². The van der Waals surface area contributed by atoms with E-state index in [-0.39, 0.29) is 16.6 Å². The third-order valence-corrected chi connectivity index (χ3v) is 10.6. The third kappa shape index (κ3) is 2.93. The van der Waals surface area contributed by atoms with Crippen LogP contribution in [0.2, 0.25) is 0 Å². The van der Waals surface area contributed by atoms with Gasteiger partial charge in [0.2, 0.25) is 0 Å².